The van der Waals surface area contributed by atoms with E-state index >= 15 is 0 Å². The molecule has 1 aromatic heterocycles. The number of likely N-dealkylation sites (tertiary alicyclic amines) is 1. The van der Waals surface area contributed by atoms with Gasteiger partial charge in [-0.05, 0) is 51.9 Å². The Labute approximate surface area is 269 Å². The Morgan fingerprint density at radius 1 is 1.20 bits per heavy atom. The average molecular weight is 658 g/mol. The number of ether oxygens (including phenoxy) is 2. The molecule has 0 radical (unpaired) electrons. The zero-order valence-electron chi connectivity index (χ0n) is 25.6. The highest BCUT2D eigenvalue weighted by Gasteiger charge is 2.40. The van der Waals surface area contributed by atoms with Crippen molar-refractivity contribution in [1.82, 2.24) is 25.5 Å². The number of hydrogen-bond acceptors (Lipinski definition) is 9. The molecular weight excluding hydrogens is 624 g/mol. The molecule has 1 unspecified atom stereocenters. The molecule has 4 N–H and O–H groups in total. The second kappa shape index (κ2) is 15.1. The van der Waals surface area contributed by atoms with Crippen molar-refractivity contribution in [3.05, 3.63) is 47.2 Å². The van der Waals surface area contributed by atoms with Gasteiger partial charge in [0.15, 0.2) is 5.82 Å². The lowest BCUT2D eigenvalue weighted by Gasteiger charge is -2.32. The minimum atomic E-state index is -1.11. The summed E-state index contributed by atoms with van der Waals surface area (Å²) >= 11 is 5.74. The van der Waals surface area contributed by atoms with Crippen LogP contribution < -0.4 is 26.0 Å². The van der Waals surface area contributed by atoms with Crippen LogP contribution in [0.3, 0.4) is 0 Å². The van der Waals surface area contributed by atoms with Gasteiger partial charge in [0.2, 0.25) is 17.7 Å². The maximum Gasteiger partial charge on any atom is 0.248 e. The molecule has 3 amide bonds. The van der Waals surface area contributed by atoms with Crippen LogP contribution in [0, 0.1) is 24.0 Å². The van der Waals surface area contributed by atoms with Crippen molar-refractivity contribution in [1.29, 1.82) is 0 Å². The lowest BCUT2D eigenvalue weighted by Crippen LogP contribution is -2.58. The van der Waals surface area contributed by atoms with Crippen LogP contribution >= 0.6 is 11.6 Å². The van der Waals surface area contributed by atoms with Crippen molar-refractivity contribution in [2.24, 2.45) is 0 Å². The highest BCUT2D eigenvalue weighted by Crippen LogP contribution is 2.35. The van der Waals surface area contributed by atoms with Gasteiger partial charge in [-0.1, -0.05) is 17.5 Å². The predicted molar refractivity (Wildman–Crippen MR) is 169 cm³/mol. The minimum Gasteiger partial charge on any atom is -0.494 e. The molecule has 3 aromatic rings. The molecule has 1 saturated heterocycles. The quantitative estimate of drug-likeness (QED) is 0.170. The van der Waals surface area contributed by atoms with Crippen LogP contribution in [0.5, 0.6) is 5.75 Å². The summed E-state index contributed by atoms with van der Waals surface area (Å²) < 4.78 is 39.5. The fourth-order valence-corrected chi connectivity index (χ4v) is 5.13. The number of benzene rings is 2. The molecule has 244 valence electrons. The van der Waals surface area contributed by atoms with E-state index in [4.69, 9.17) is 27.5 Å². The first kappa shape index (κ1) is 34.3. The number of nitrogens with one attached hydrogen (secondary N) is 4. The first-order valence-electron chi connectivity index (χ1n) is 14.4. The lowest BCUT2D eigenvalue weighted by atomic mass is 10.1. The van der Waals surface area contributed by atoms with Gasteiger partial charge in [0, 0.05) is 18.0 Å². The van der Waals surface area contributed by atoms with Gasteiger partial charge in [-0.3, -0.25) is 14.4 Å². The van der Waals surface area contributed by atoms with Gasteiger partial charge in [0.1, 0.15) is 47.4 Å². The number of amides is 3. The Morgan fingerprint density at radius 2 is 1.96 bits per heavy atom. The van der Waals surface area contributed by atoms with Gasteiger partial charge in [-0.15, -0.1) is 6.42 Å². The Bertz CT molecular complexity index is 1670. The maximum absolute atomic E-state index is 14.7. The van der Waals surface area contributed by atoms with E-state index in [1.165, 1.54) is 30.5 Å². The third kappa shape index (κ3) is 7.44. The van der Waals surface area contributed by atoms with Gasteiger partial charge in [-0.2, -0.15) is 0 Å². The fraction of sp³-hybridized carbons (Fsp3) is 0.387. The Kier molecular flexibility index (Phi) is 11.3. The summed E-state index contributed by atoms with van der Waals surface area (Å²) in [5.41, 5.74) is 0.501. The van der Waals surface area contributed by atoms with Gasteiger partial charge in [-0.25, -0.2) is 18.7 Å². The van der Waals surface area contributed by atoms with Crippen molar-refractivity contribution in [2.45, 2.75) is 50.9 Å². The fourth-order valence-electron chi connectivity index (χ4n) is 4.96. The summed E-state index contributed by atoms with van der Waals surface area (Å²) in [4.78, 5) is 50.1. The molecule has 0 saturated carbocycles. The standard InChI is InChI=1S/C31H34ClF2N7O5/c1-6-12-46-17(3)27(40-29(42)16(2)35-4)31(44)41-11-7-8-23(41)30(43)39-22-13-18-21(14-24(22)45-5)36-15-37-28(18)38-20-10-9-19(33)25(32)26(20)34/h1,9-10,13-17,23,27,35H,7-8,11-12H2,2-5H3,(H,39,43)(H,40,42)(H,36,37,38)/t16-,17?,23-,27-/m0/s1. The van der Waals surface area contributed by atoms with Crippen molar-refractivity contribution in [3.63, 3.8) is 0 Å². The zero-order chi connectivity index (χ0) is 33.5. The molecule has 0 aliphatic carbocycles. The number of carbonyl (C=O) groups is 3. The van der Waals surface area contributed by atoms with Crippen molar-refractivity contribution in [3.8, 4) is 18.1 Å². The molecule has 4 atom stereocenters. The van der Waals surface area contributed by atoms with Crippen molar-refractivity contribution < 1.29 is 32.6 Å². The van der Waals surface area contributed by atoms with E-state index in [1.54, 1.807) is 27.0 Å². The lowest BCUT2D eigenvalue weighted by molar-refractivity contribution is -0.143. The number of fused-ring (bicyclic) bond motifs is 1. The van der Waals surface area contributed by atoms with Crippen LogP contribution in [0.4, 0.5) is 26.0 Å². The Morgan fingerprint density at radius 3 is 2.65 bits per heavy atom. The SMILES string of the molecule is C#CCOC(C)[C@H](NC(=O)[C@H](C)NC)C(=O)N1CCC[C@H]1C(=O)Nc1cc2c(Nc3ccc(F)c(Cl)c3F)ncnc2cc1OC. The second-order valence-electron chi connectivity index (χ2n) is 10.5. The molecule has 1 aliphatic rings. The predicted octanol–water partition coefficient (Wildman–Crippen LogP) is 3.37. The van der Waals surface area contributed by atoms with E-state index in [-0.39, 0.29) is 36.1 Å². The molecule has 0 spiro atoms. The molecule has 4 rings (SSSR count). The number of hydrogen-bond donors (Lipinski definition) is 4. The van der Waals surface area contributed by atoms with Gasteiger partial charge < -0.3 is 35.6 Å². The van der Waals surface area contributed by atoms with Gasteiger partial charge in [0.25, 0.3) is 0 Å². The maximum atomic E-state index is 14.7. The van der Waals surface area contributed by atoms with Crippen LogP contribution in [0.25, 0.3) is 10.9 Å². The third-order valence-corrected chi connectivity index (χ3v) is 7.98. The van der Waals surface area contributed by atoms with Gasteiger partial charge in [0.05, 0.1) is 36.1 Å². The molecule has 1 aliphatic heterocycles. The smallest absolute Gasteiger partial charge is 0.248 e. The largest absolute Gasteiger partial charge is 0.494 e. The summed E-state index contributed by atoms with van der Waals surface area (Å²) in [6.45, 7) is 3.46. The zero-order valence-corrected chi connectivity index (χ0v) is 26.4. The molecule has 1 fully saturated rings. The highest BCUT2D eigenvalue weighted by atomic mass is 35.5. The van der Waals surface area contributed by atoms with E-state index in [9.17, 15) is 23.2 Å². The topological polar surface area (TPSA) is 147 Å². The molecule has 46 heavy (non-hydrogen) atoms. The number of rotatable bonds is 12. The minimum absolute atomic E-state index is 0.0739. The number of carbonyl (C=O) groups excluding carboxylic acids is 3. The number of methoxy groups -OCH3 is 1. The first-order valence-corrected chi connectivity index (χ1v) is 14.8. The van der Waals surface area contributed by atoms with E-state index in [0.29, 0.717) is 23.7 Å². The molecule has 12 nitrogen and oxygen atoms in total. The Hall–Kier alpha value is -4.58. The number of halogens is 3. The highest BCUT2D eigenvalue weighted by molar-refractivity contribution is 6.31. The monoisotopic (exact) mass is 657 g/mol. The number of terminal acetylenes is 1. The van der Waals surface area contributed by atoms with Crippen molar-refractivity contribution >= 4 is 57.4 Å². The summed E-state index contributed by atoms with van der Waals surface area (Å²) in [7, 11) is 3.03. The normalized spacial score (nSPS) is 16.3. The van der Waals surface area contributed by atoms with E-state index in [1.807, 2.05) is 0 Å². The van der Waals surface area contributed by atoms with E-state index in [2.05, 4.69) is 37.2 Å². The van der Waals surface area contributed by atoms with Crippen molar-refractivity contribution in [2.75, 3.05) is 37.9 Å². The van der Waals surface area contributed by atoms with Crippen LogP contribution in [-0.4, -0.2) is 84.1 Å². The number of nitrogens with zero attached hydrogens (tertiary/aromatic N) is 3. The third-order valence-electron chi connectivity index (χ3n) is 7.63. The Balaban J connectivity index is 1.61. The van der Waals surface area contributed by atoms with Crippen LogP contribution in [0.1, 0.15) is 26.7 Å². The summed E-state index contributed by atoms with van der Waals surface area (Å²) in [5, 5.41) is 10.9. The van der Waals surface area contributed by atoms with E-state index < -0.39 is 58.6 Å². The number of likely N-dealkylation sites (N-methyl/N-ethyl adjacent to an activating group) is 1. The molecular formula is C31H34ClF2N7O5. The molecule has 0 bridgehead atoms. The summed E-state index contributed by atoms with van der Waals surface area (Å²) in [6, 6.07) is 2.71. The van der Waals surface area contributed by atoms with Crippen LogP contribution in [0.15, 0.2) is 30.6 Å². The average Bonchev–Trinajstić information content (AvgIpc) is 3.56. The molecule has 15 heteroatoms. The first-order chi connectivity index (χ1) is 22.0. The summed E-state index contributed by atoms with van der Waals surface area (Å²) in [5.74, 6) is -0.576. The number of aromatic nitrogens is 2. The molecule has 2 heterocycles. The second-order valence-corrected chi connectivity index (χ2v) is 10.9. The van der Waals surface area contributed by atoms with Crippen LogP contribution in [0.2, 0.25) is 5.02 Å². The molecule has 2 aromatic carbocycles. The summed E-state index contributed by atoms with van der Waals surface area (Å²) in [6.07, 6.45) is 6.69. The van der Waals surface area contributed by atoms with E-state index in [0.717, 1.165) is 6.07 Å². The number of anilines is 3. The van der Waals surface area contributed by atoms with Gasteiger partial charge >= 0.3 is 0 Å². The van der Waals surface area contributed by atoms with Crippen LogP contribution in [-0.2, 0) is 19.1 Å².